The number of nitrogens with one attached hydrogen (secondary N) is 3. The fourth-order valence-electron chi connectivity index (χ4n) is 2.63. The summed E-state index contributed by atoms with van der Waals surface area (Å²) in [5.41, 5.74) is 0.764. The summed E-state index contributed by atoms with van der Waals surface area (Å²) in [6.07, 6.45) is -1.27. The Hall–Kier alpha value is -2.77. The summed E-state index contributed by atoms with van der Waals surface area (Å²) in [7, 11) is 0. The first-order valence-electron chi connectivity index (χ1n) is 6.47. The van der Waals surface area contributed by atoms with Gasteiger partial charge in [0.15, 0.2) is 0 Å². The van der Waals surface area contributed by atoms with Gasteiger partial charge in [-0.05, 0) is 12.0 Å². The van der Waals surface area contributed by atoms with Crippen molar-refractivity contribution in [3.05, 3.63) is 35.9 Å². The Balaban J connectivity index is 1.85. The number of carbonyl (C=O) groups is 3. The summed E-state index contributed by atoms with van der Waals surface area (Å²) in [4.78, 5) is 35.8. The van der Waals surface area contributed by atoms with E-state index in [0.29, 0.717) is 0 Å². The first kappa shape index (κ1) is 13.2. The van der Waals surface area contributed by atoms with Crippen molar-refractivity contribution >= 4 is 18.0 Å². The highest BCUT2D eigenvalue weighted by atomic mass is 16.4. The van der Waals surface area contributed by atoms with Gasteiger partial charge in [0.2, 0.25) is 0 Å². The average molecular weight is 289 g/mol. The van der Waals surface area contributed by atoms with E-state index < -0.39 is 36.4 Å². The Labute approximate surface area is 120 Å². The van der Waals surface area contributed by atoms with E-state index in [1.165, 1.54) is 0 Å². The molecule has 110 valence electrons. The molecule has 0 aromatic heterocycles. The van der Waals surface area contributed by atoms with Crippen LogP contribution in [-0.2, 0) is 11.2 Å². The number of aliphatic carboxylic acids is 1. The van der Waals surface area contributed by atoms with Crippen LogP contribution in [0.3, 0.4) is 0 Å². The van der Waals surface area contributed by atoms with Crippen LogP contribution in [0, 0.1) is 0 Å². The zero-order chi connectivity index (χ0) is 15.0. The highest BCUT2D eigenvalue weighted by Crippen LogP contribution is 2.19. The number of urea groups is 2. The maximum absolute atomic E-state index is 12.0. The van der Waals surface area contributed by atoms with Gasteiger partial charge in [0.1, 0.15) is 12.3 Å². The van der Waals surface area contributed by atoms with E-state index in [0.717, 1.165) is 10.5 Å². The number of hydrogen-bond acceptors (Lipinski definition) is 4. The van der Waals surface area contributed by atoms with E-state index in [1.54, 1.807) is 24.3 Å². The standard InChI is InChI=1S/C13H14N4O4/c18-11(19)8(6-7-4-2-1-3-5-7)17-10-9(15-13(17)21)14-12(20)16-10/h1-5,8-10H,6H2,(H,15,21)(H,18,19)(H2,14,16,20)/p-1/t8-,9+,10+/m1/s1. The monoisotopic (exact) mass is 289 g/mol. The van der Waals surface area contributed by atoms with Gasteiger partial charge in [0, 0.05) is 0 Å². The van der Waals surface area contributed by atoms with E-state index in [2.05, 4.69) is 16.0 Å². The van der Waals surface area contributed by atoms with Crippen LogP contribution in [0.15, 0.2) is 30.3 Å². The number of hydrogen-bond donors (Lipinski definition) is 3. The Morgan fingerprint density at radius 2 is 1.90 bits per heavy atom. The predicted octanol–water partition coefficient (Wildman–Crippen LogP) is -1.66. The molecule has 2 fully saturated rings. The normalized spacial score (nSPS) is 24.9. The van der Waals surface area contributed by atoms with Crippen molar-refractivity contribution in [3.63, 3.8) is 0 Å². The van der Waals surface area contributed by atoms with Gasteiger partial charge < -0.3 is 25.9 Å². The van der Waals surface area contributed by atoms with E-state index in [1.807, 2.05) is 6.07 Å². The van der Waals surface area contributed by atoms with Crippen LogP contribution >= 0.6 is 0 Å². The Kier molecular flexibility index (Phi) is 3.13. The lowest BCUT2D eigenvalue weighted by Crippen LogP contribution is -2.56. The van der Waals surface area contributed by atoms with Gasteiger partial charge in [-0.3, -0.25) is 4.90 Å². The fraction of sp³-hybridized carbons (Fsp3) is 0.308. The quantitative estimate of drug-likeness (QED) is 0.615. The number of nitrogens with zero attached hydrogens (tertiary/aromatic N) is 1. The molecule has 8 nitrogen and oxygen atoms in total. The molecule has 0 unspecified atom stereocenters. The summed E-state index contributed by atoms with van der Waals surface area (Å²) < 4.78 is 0. The molecule has 0 saturated carbocycles. The molecule has 1 aromatic carbocycles. The Morgan fingerprint density at radius 3 is 2.57 bits per heavy atom. The van der Waals surface area contributed by atoms with E-state index in [4.69, 9.17) is 0 Å². The Bertz CT molecular complexity index is 591. The van der Waals surface area contributed by atoms with Gasteiger partial charge in [-0.15, -0.1) is 0 Å². The maximum atomic E-state index is 12.0. The minimum atomic E-state index is -1.36. The minimum Gasteiger partial charge on any atom is -0.548 e. The summed E-state index contributed by atoms with van der Waals surface area (Å²) in [5.74, 6) is -1.36. The van der Waals surface area contributed by atoms with Crippen LogP contribution in [0.25, 0.3) is 0 Å². The van der Waals surface area contributed by atoms with Crippen molar-refractivity contribution in [1.29, 1.82) is 0 Å². The smallest absolute Gasteiger partial charge is 0.321 e. The van der Waals surface area contributed by atoms with Gasteiger partial charge in [0.05, 0.1) is 12.0 Å². The molecule has 0 spiro atoms. The second kappa shape index (κ2) is 4.97. The molecule has 3 atom stereocenters. The fourth-order valence-corrected chi connectivity index (χ4v) is 2.63. The van der Waals surface area contributed by atoms with Crippen molar-refractivity contribution < 1.29 is 19.5 Å². The number of carboxylic acids is 1. The van der Waals surface area contributed by atoms with Crippen molar-refractivity contribution in [2.24, 2.45) is 0 Å². The molecular formula is C13H13N4O4-. The lowest BCUT2D eigenvalue weighted by atomic mass is 10.0. The molecule has 4 amide bonds. The second-order valence-electron chi connectivity index (χ2n) is 4.92. The summed E-state index contributed by atoms with van der Waals surface area (Å²) >= 11 is 0. The topological polar surface area (TPSA) is 114 Å². The third-order valence-electron chi connectivity index (χ3n) is 3.57. The van der Waals surface area contributed by atoms with Crippen molar-refractivity contribution in [3.8, 4) is 0 Å². The van der Waals surface area contributed by atoms with Crippen molar-refractivity contribution in [2.45, 2.75) is 24.8 Å². The third kappa shape index (κ3) is 2.35. The predicted molar refractivity (Wildman–Crippen MR) is 68.6 cm³/mol. The Morgan fingerprint density at radius 1 is 1.19 bits per heavy atom. The minimum absolute atomic E-state index is 0.107. The van der Waals surface area contributed by atoms with Gasteiger partial charge >= 0.3 is 12.1 Å². The number of amides is 4. The molecule has 0 radical (unpaired) electrons. The zero-order valence-electron chi connectivity index (χ0n) is 10.9. The highest BCUT2D eigenvalue weighted by Gasteiger charge is 2.48. The van der Waals surface area contributed by atoms with E-state index >= 15 is 0 Å². The second-order valence-corrected chi connectivity index (χ2v) is 4.92. The number of benzene rings is 1. The van der Waals surface area contributed by atoms with Crippen molar-refractivity contribution in [2.75, 3.05) is 0 Å². The first-order chi connectivity index (χ1) is 10.1. The average Bonchev–Trinajstić information content (AvgIpc) is 2.92. The largest absolute Gasteiger partial charge is 0.548 e. The zero-order valence-corrected chi connectivity index (χ0v) is 10.9. The highest BCUT2D eigenvalue weighted by molar-refractivity contribution is 5.88. The SMILES string of the molecule is O=C1N[C@H]2NC(=O)N([C@H](Cc3ccccc3)C(=O)[O-])[C@@H]2N1. The lowest BCUT2D eigenvalue weighted by molar-refractivity contribution is -0.311. The molecule has 2 saturated heterocycles. The molecule has 2 heterocycles. The van der Waals surface area contributed by atoms with Gasteiger partial charge in [0.25, 0.3) is 0 Å². The molecule has 2 aliphatic rings. The summed E-state index contributed by atoms with van der Waals surface area (Å²) in [6.45, 7) is 0. The maximum Gasteiger partial charge on any atom is 0.321 e. The van der Waals surface area contributed by atoms with Gasteiger partial charge in [-0.1, -0.05) is 30.3 Å². The van der Waals surface area contributed by atoms with Crippen LogP contribution < -0.4 is 21.1 Å². The van der Waals surface area contributed by atoms with Gasteiger partial charge in [-0.2, -0.15) is 0 Å². The molecule has 3 N–H and O–H groups in total. The molecule has 8 heteroatoms. The van der Waals surface area contributed by atoms with E-state index in [-0.39, 0.29) is 6.42 Å². The molecular weight excluding hydrogens is 276 g/mol. The van der Waals surface area contributed by atoms with Crippen LogP contribution in [0.5, 0.6) is 0 Å². The summed E-state index contributed by atoms with van der Waals surface area (Å²) in [5, 5.41) is 19.0. The van der Waals surface area contributed by atoms with Crippen LogP contribution in [0.4, 0.5) is 9.59 Å². The molecule has 2 aliphatic heterocycles. The van der Waals surface area contributed by atoms with Crippen molar-refractivity contribution in [1.82, 2.24) is 20.9 Å². The van der Waals surface area contributed by atoms with E-state index in [9.17, 15) is 19.5 Å². The van der Waals surface area contributed by atoms with Crippen LogP contribution in [-0.4, -0.2) is 41.3 Å². The number of fused-ring (bicyclic) bond motifs is 1. The van der Waals surface area contributed by atoms with Crippen LogP contribution in [0.2, 0.25) is 0 Å². The molecule has 21 heavy (non-hydrogen) atoms. The number of carbonyl (C=O) groups excluding carboxylic acids is 3. The van der Waals surface area contributed by atoms with Gasteiger partial charge in [-0.25, -0.2) is 9.59 Å². The number of rotatable bonds is 4. The molecule has 3 rings (SSSR count). The molecule has 1 aromatic rings. The molecule has 0 aliphatic carbocycles. The molecule has 0 bridgehead atoms. The number of carboxylic acid groups (broad SMARTS) is 1. The lowest BCUT2D eigenvalue weighted by Gasteiger charge is -2.31. The summed E-state index contributed by atoms with van der Waals surface area (Å²) in [6, 6.07) is 6.76. The van der Waals surface area contributed by atoms with Crippen LogP contribution in [0.1, 0.15) is 5.56 Å². The third-order valence-corrected chi connectivity index (χ3v) is 3.57. The first-order valence-corrected chi connectivity index (χ1v) is 6.47.